The Hall–Kier alpha value is 0.250. The van der Waals surface area contributed by atoms with Crippen LogP contribution >= 0.6 is 11.6 Å². The van der Waals surface area contributed by atoms with Crippen molar-refractivity contribution in [3.8, 4) is 0 Å². The van der Waals surface area contributed by atoms with Crippen LogP contribution in [0.15, 0.2) is 0 Å². The largest absolute Gasteiger partial charge is 0.316 e. The molecule has 1 N–H and O–H groups in total. The fraction of sp³-hybridized carbons (Fsp3) is 1.00. The summed E-state index contributed by atoms with van der Waals surface area (Å²) in [5, 5.41) is 3.69. The molecular weight excluding hydrogens is 122 g/mol. The first-order chi connectivity index (χ1) is 3.80. The topological polar surface area (TPSA) is 12.0 Å². The van der Waals surface area contributed by atoms with E-state index in [1.807, 2.05) is 0 Å². The Balaban J connectivity index is 2.28. The lowest BCUT2D eigenvalue weighted by molar-refractivity contribution is 0.412. The second-order valence-electron chi connectivity index (χ2n) is 2.49. The zero-order valence-electron chi connectivity index (χ0n) is 5.15. The van der Waals surface area contributed by atoms with E-state index in [2.05, 4.69) is 12.2 Å². The molecule has 1 fully saturated rings. The molecule has 1 nitrogen and oxygen atoms in total. The minimum absolute atomic E-state index is 0.413. The van der Waals surface area contributed by atoms with Gasteiger partial charge in [0.1, 0.15) is 0 Å². The molecule has 1 aliphatic rings. The van der Waals surface area contributed by atoms with Crippen molar-refractivity contribution in [1.29, 1.82) is 0 Å². The van der Waals surface area contributed by atoms with Crippen molar-refractivity contribution in [3.05, 3.63) is 0 Å². The van der Waals surface area contributed by atoms with Gasteiger partial charge in [-0.15, -0.1) is 11.6 Å². The molecule has 0 aromatic carbocycles. The third-order valence-electron chi connectivity index (χ3n) is 1.68. The monoisotopic (exact) mass is 133 g/mol. The molecule has 1 saturated heterocycles. The highest BCUT2D eigenvalue weighted by molar-refractivity contribution is 6.20. The standard InChI is InChI=1S/C6H12ClN/c1-5-4-8-3-2-6(5)7/h5-6,8H,2-4H2,1H3. The van der Waals surface area contributed by atoms with E-state index in [4.69, 9.17) is 11.6 Å². The summed E-state index contributed by atoms with van der Waals surface area (Å²) >= 11 is 5.93. The summed E-state index contributed by atoms with van der Waals surface area (Å²) in [4.78, 5) is 0. The summed E-state index contributed by atoms with van der Waals surface area (Å²) in [6.45, 7) is 4.37. The summed E-state index contributed by atoms with van der Waals surface area (Å²) in [6, 6.07) is 0. The number of hydrogen-bond donors (Lipinski definition) is 1. The van der Waals surface area contributed by atoms with Gasteiger partial charge in [0.2, 0.25) is 0 Å². The van der Waals surface area contributed by atoms with Crippen LogP contribution in [0.3, 0.4) is 0 Å². The van der Waals surface area contributed by atoms with Crippen LogP contribution in [0.2, 0.25) is 0 Å². The Bertz CT molecular complexity index is 64.9. The molecule has 8 heavy (non-hydrogen) atoms. The summed E-state index contributed by atoms with van der Waals surface area (Å²) in [6.07, 6.45) is 1.13. The smallest absolute Gasteiger partial charge is 0.0385 e. The Morgan fingerprint density at radius 3 is 2.75 bits per heavy atom. The van der Waals surface area contributed by atoms with Crippen LogP contribution in [0.1, 0.15) is 13.3 Å². The Labute approximate surface area is 55.4 Å². The number of hydrogen-bond acceptors (Lipinski definition) is 1. The molecule has 48 valence electrons. The molecule has 0 saturated carbocycles. The average Bonchev–Trinajstić information content (AvgIpc) is 1.77. The van der Waals surface area contributed by atoms with Crippen molar-refractivity contribution in [1.82, 2.24) is 5.32 Å². The molecule has 2 atom stereocenters. The summed E-state index contributed by atoms with van der Waals surface area (Å²) in [5.41, 5.74) is 0. The van der Waals surface area contributed by atoms with Crippen molar-refractivity contribution in [2.45, 2.75) is 18.7 Å². The van der Waals surface area contributed by atoms with E-state index in [0.717, 1.165) is 19.5 Å². The number of rotatable bonds is 0. The van der Waals surface area contributed by atoms with Crippen LogP contribution in [0.4, 0.5) is 0 Å². The van der Waals surface area contributed by atoms with Crippen LogP contribution in [0.25, 0.3) is 0 Å². The van der Waals surface area contributed by atoms with Gasteiger partial charge in [0.15, 0.2) is 0 Å². The van der Waals surface area contributed by atoms with Crippen LogP contribution in [0, 0.1) is 5.92 Å². The van der Waals surface area contributed by atoms with E-state index in [0.29, 0.717) is 11.3 Å². The molecule has 2 heteroatoms. The fourth-order valence-corrected chi connectivity index (χ4v) is 1.18. The lowest BCUT2D eigenvalue weighted by Crippen LogP contribution is -2.35. The molecule has 0 spiro atoms. The molecule has 1 heterocycles. The van der Waals surface area contributed by atoms with E-state index < -0.39 is 0 Å². The van der Waals surface area contributed by atoms with Crippen molar-refractivity contribution in [2.24, 2.45) is 5.92 Å². The lowest BCUT2D eigenvalue weighted by atomic mass is 10.0. The molecule has 0 amide bonds. The highest BCUT2D eigenvalue weighted by atomic mass is 35.5. The minimum Gasteiger partial charge on any atom is -0.316 e. The molecule has 0 aliphatic carbocycles. The van der Waals surface area contributed by atoms with Gasteiger partial charge >= 0.3 is 0 Å². The minimum atomic E-state index is 0.413. The number of piperidine rings is 1. The normalized spacial score (nSPS) is 39.8. The second-order valence-corrected chi connectivity index (χ2v) is 3.05. The van der Waals surface area contributed by atoms with Crippen LogP contribution in [0.5, 0.6) is 0 Å². The first-order valence-electron chi connectivity index (χ1n) is 3.15. The molecule has 0 bridgehead atoms. The Morgan fingerprint density at radius 2 is 2.38 bits per heavy atom. The van der Waals surface area contributed by atoms with Gasteiger partial charge in [-0.25, -0.2) is 0 Å². The molecule has 0 aromatic heterocycles. The van der Waals surface area contributed by atoms with Gasteiger partial charge in [0, 0.05) is 5.38 Å². The van der Waals surface area contributed by atoms with E-state index in [-0.39, 0.29) is 0 Å². The average molecular weight is 134 g/mol. The third kappa shape index (κ3) is 1.36. The number of alkyl halides is 1. The molecule has 0 radical (unpaired) electrons. The van der Waals surface area contributed by atoms with Crippen LogP contribution in [-0.2, 0) is 0 Å². The molecule has 1 aliphatic heterocycles. The summed E-state index contributed by atoms with van der Waals surface area (Å²) in [5.74, 6) is 0.658. The van der Waals surface area contributed by atoms with Crippen LogP contribution in [-0.4, -0.2) is 18.5 Å². The fourth-order valence-electron chi connectivity index (χ4n) is 0.982. The molecule has 1 rings (SSSR count). The van der Waals surface area contributed by atoms with E-state index in [1.54, 1.807) is 0 Å². The van der Waals surface area contributed by atoms with Gasteiger partial charge in [-0.3, -0.25) is 0 Å². The molecular formula is C6H12ClN. The van der Waals surface area contributed by atoms with E-state index in [9.17, 15) is 0 Å². The second kappa shape index (κ2) is 2.70. The maximum absolute atomic E-state index is 5.93. The predicted molar refractivity (Wildman–Crippen MR) is 36.3 cm³/mol. The number of nitrogens with one attached hydrogen (secondary N) is 1. The zero-order valence-corrected chi connectivity index (χ0v) is 5.91. The third-order valence-corrected chi connectivity index (χ3v) is 2.33. The van der Waals surface area contributed by atoms with Gasteiger partial charge < -0.3 is 5.32 Å². The highest BCUT2D eigenvalue weighted by Gasteiger charge is 2.17. The van der Waals surface area contributed by atoms with E-state index >= 15 is 0 Å². The van der Waals surface area contributed by atoms with Crippen molar-refractivity contribution in [2.75, 3.05) is 13.1 Å². The quantitative estimate of drug-likeness (QED) is 0.490. The Kier molecular flexibility index (Phi) is 2.15. The Morgan fingerprint density at radius 1 is 1.62 bits per heavy atom. The van der Waals surface area contributed by atoms with Crippen molar-refractivity contribution in [3.63, 3.8) is 0 Å². The first-order valence-corrected chi connectivity index (χ1v) is 3.59. The highest BCUT2D eigenvalue weighted by Crippen LogP contribution is 2.15. The van der Waals surface area contributed by atoms with Crippen molar-refractivity contribution >= 4 is 11.6 Å². The zero-order chi connectivity index (χ0) is 5.98. The SMILES string of the molecule is CC1CNCCC1Cl. The first kappa shape index (κ1) is 6.37. The number of halogens is 1. The maximum Gasteiger partial charge on any atom is 0.0385 e. The van der Waals surface area contributed by atoms with Gasteiger partial charge in [-0.2, -0.15) is 0 Å². The van der Waals surface area contributed by atoms with Crippen LogP contribution < -0.4 is 5.32 Å². The molecule has 0 aromatic rings. The molecule has 2 unspecified atom stereocenters. The van der Waals surface area contributed by atoms with Gasteiger partial charge in [-0.05, 0) is 25.4 Å². The van der Waals surface area contributed by atoms with Gasteiger partial charge in [0.25, 0.3) is 0 Å². The summed E-state index contributed by atoms with van der Waals surface area (Å²) < 4.78 is 0. The lowest BCUT2D eigenvalue weighted by Gasteiger charge is -2.23. The van der Waals surface area contributed by atoms with Gasteiger partial charge in [-0.1, -0.05) is 6.92 Å². The van der Waals surface area contributed by atoms with Crippen molar-refractivity contribution < 1.29 is 0 Å². The van der Waals surface area contributed by atoms with E-state index in [1.165, 1.54) is 0 Å². The summed E-state index contributed by atoms with van der Waals surface area (Å²) in [7, 11) is 0. The van der Waals surface area contributed by atoms with Gasteiger partial charge in [0.05, 0.1) is 0 Å². The maximum atomic E-state index is 5.93. The predicted octanol–water partition coefficient (Wildman–Crippen LogP) is 1.22.